The molecule has 78 valence electrons. The lowest BCUT2D eigenvalue weighted by Crippen LogP contribution is -1.83. The Labute approximate surface area is 96.8 Å². The number of nitrogens with zero attached hydrogens (tertiary/aromatic N) is 2. The second kappa shape index (κ2) is 3.09. The molecule has 1 aliphatic rings. The summed E-state index contributed by atoms with van der Waals surface area (Å²) in [6.07, 6.45) is 1.20. The molecule has 0 saturated heterocycles. The Bertz CT molecular complexity index is 496. The van der Waals surface area contributed by atoms with Crippen molar-refractivity contribution in [3.05, 3.63) is 22.1 Å². The molecule has 0 amide bonds. The van der Waals surface area contributed by atoms with Gasteiger partial charge in [0.05, 0.1) is 10.5 Å². The van der Waals surface area contributed by atoms with Crippen LogP contribution in [0.3, 0.4) is 0 Å². The standard InChI is InChI=1S/C10H9Cl2N3/c1-4-2-5(4)9-13-7-3-6(11)8(12)14-10(7)15-9/h3-5H,2H2,1H3,(H,13,14,15). The maximum atomic E-state index is 5.88. The van der Waals surface area contributed by atoms with Crippen molar-refractivity contribution in [2.24, 2.45) is 5.92 Å². The molecule has 3 nitrogen and oxygen atoms in total. The lowest BCUT2D eigenvalue weighted by Gasteiger charge is -1.92. The summed E-state index contributed by atoms with van der Waals surface area (Å²) >= 11 is 11.7. The fourth-order valence-corrected chi connectivity index (χ4v) is 2.08. The van der Waals surface area contributed by atoms with Crippen LogP contribution in [0.1, 0.15) is 25.1 Å². The van der Waals surface area contributed by atoms with Crippen LogP contribution in [-0.2, 0) is 0 Å². The van der Waals surface area contributed by atoms with Gasteiger partial charge in [0.15, 0.2) is 5.65 Å². The highest BCUT2D eigenvalue weighted by atomic mass is 35.5. The Morgan fingerprint density at radius 2 is 2.13 bits per heavy atom. The third-order valence-electron chi connectivity index (χ3n) is 2.86. The zero-order valence-electron chi connectivity index (χ0n) is 8.09. The van der Waals surface area contributed by atoms with E-state index in [-0.39, 0.29) is 0 Å². The second-order valence-electron chi connectivity index (χ2n) is 4.07. The number of H-pyrrole nitrogens is 1. The summed E-state index contributed by atoms with van der Waals surface area (Å²) in [7, 11) is 0. The number of fused-ring (bicyclic) bond motifs is 1. The van der Waals surface area contributed by atoms with Crippen LogP contribution >= 0.6 is 23.2 Å². The Morgan fingerprint density at radius 1 is 1.40 bits per heavy atom. The largest absolute Gasteiger partial charge is 0.340 e. The third kappa shape index (κ3) is 1.50. The molecule has 5 heteroatoms. The van der Waals surface area contributed by atoms with Crippen LogP contribution in [0.15, 0.2) is 6.07 Å². The Hall–Kier alpha value is -0.800. The molecule has 0 aliphatic heterocycles. The molecule has 3 rings (SSSR count). The van der Waals surface area contributed by atoms with E-state index >= 15 is 0 Å². The molecule has 1 aliphatic carbocycles. The average molecular weight is 242 g/mol. The number of rotatable bonds is 1. The molecule has 2 unspecified atom stereocenters. The molecule has 15 heavy (non-hydrogen) atoms. The van der Waals surface area contributed by atoms with Gasteiger partial charge in [0, 0.05) is 5.92 Å². The number of hydrogen-bond acceptors (Lipinski definition) is 2. The molecule has 1 fully saturated rings. The predicted molar refractivity (Wildman–Crippen MR) is 60.4 cm³/mol. The monoisotopic (exact) mass is 241 g/mol. The van der Waals surface area contributed by atoms with E-state index in [9.17, 15) is 0 Å². The maximum Gasteiger partial charge on any atom is 0.179 e. The molecule has 2 heterocycles. The first-order valence-electron chi connectivity index (χ1n) is 4.87. The lowest BCUT2D eigenvalue weighted by molar-refractivity contribution is 0.866. The number of aromatic nitrogens is 3. The molecule has 0 radical (unpaired) electrons. The van der Waals surface area contributed by atoms with Gasteiger partial charge in [0.2, 0.25) is 0 Å². The number of hydrogen-bond donors (Lipinski definition) is 1. The van der Waals surface area contributed by atoms with Crippen LogP contribution < -0.4 is 0 Å². The van der Waals surface area contributed by atoms with E-state index < -0.39 is 0 Å². The van der Waals surface area contributed by atoms with Crippen LogP contribution in [-0.4, -0.2) is 15.0 Å². The summed E-state index contributed by atoms with van der Waals surface area (Å²) in [5.74, 6) is 2.27. The number of imidazole rings is 1. The molecular formula is C10H9Cl2N3. The zero-order chi connectivity index (χ0) is 10.6. The lowest BCUT2D eigenvalue weighted by atomic mass is 10.3. The minimum atomic E-state index is 0.311. The van der Waals surface area contributed by atoms with Gasteiger partial charge in [-0.15, -0.1) is 0 Å². The normalized spacial score (nSPS) is 24.7. The summed E-state index contributed by atoms with van der Waals surface area (Å²) in [5, 5.41) is 0.772. The van der Waals surface area contributed by atoms with Gasteiger partial charge < -0.3 is 4.98 Å². The van der Waals surface area contributed by atoms with E-state index in [2.05, 4.69) is 21.9 Å². The van der Waals surface area contributed by atoms with Crippen molar-refractivity contribution in [2.75, 3.05) is 0 Å². The highest BCUT2D eigenvalue weighted by molar-refractivity contribution is 6.41. The minimum absolute atomic E-state index is 0.311. The third-order valence-corrected chi connectivity index (χ3v) is 3.54. The van der Waals surface area contributed by atoms with Crippen molar-refractivity contribution in [1.82, 2.24) is 15.0 Å². The first-order valence-corrected chi connectivity index (χ1v) is 5.62. The summed E-state index contributed by atoms with van der Waals surface area (Å²) in [4.78, 5) is 11.8. The highest BCUT2D eigenvalue weighted by Crippen LogP contribution is 2.46. The van der Waals surface area contributed by atoms with Crippen molar-refractivity contribution in [2.45, 2.75) is 19.3 Å². The van der Waals surface area contributed by atoms with Crippen LogP contribution in [0.25, 0.3) is 11.2 Å². The van der Waals surface area contributed by atoms with Gasteiger partial charge in [-0.2, -0.15) is 0 Å². The van der Waals surface area contributed by atoms with Crippen molar-refractivity contribution in [1.29, 1.82) is 0 Å². The summed E-state index contributed by atoms with van der Waals surface area (Å²) in [5.41, 5.74) is 1.51. The fraction of sp³-hybridized carbons (Fsp3) is 0.400. The minimum Gasteiger partial charge on any atom is -0.340 e. The van der Waals surface area contributed by atoms with Gasteiger partial charge >= 0.3 is 0 Å². The average Bonchev–Trinajstić information content (AvgIpc) is 2.76. The summed E-state index contributed by atoms with van der Waals surface area (Å²) in [6, 6.07) is 1.77. The van der Waals surface area contributed by atoms with E-state index in [0.717, 1.165) is 17.3 Å². The van der Waals surface area contributed by atoms with Crippen LogP contribution in [0, 0.1) is 5.92 Å². The summed E-state index contributed by atoms with van der Waals surface area (Å²) < 4.78 is 0. The van der Waals surface area contributed by atoms with E-state index in [1.807, 2.05) is 0 Å². The topological polar surface area (TPSA) is 41.6 Å². The Kier molecular flexibility index (Phi) is 1.94. The second-order valence-corrected chi connectivity index (χ2v) is 4.84. The Balaban J connectivity index is 2.13. The number of aromatic amines is 1. The van der Waals surface area contributed by atoms with E-state index in [4.69, 9.17) is 23.2 Å². The van der Waals surface area contributed by atoms with Crippen molar-refractivity contribution >= 4 is 34.4 Å². The molecule has 2 atom stereocenters. The Morgan fingerprint density at radius 3 is 2.80 bits per heavy atom. The number of halogens is 2. The van der Waals surface area contributed by atoms with Gasteiger partial charge in [-0.1, -0.05) is 30.1 Å². The fourth-order valence-electron chi connectivity index (χ4n) is 1.79. The molecule has 2 aromatic rings. The number of nitrogens with one attached hydrogen (secondary N) is 1. The van der Waals surface area contributed by atoms with Gasteiger partial charge in [0.1, 0.15) is 11.0 Å². The molecular weight excluding hydrogens is 233 g/mol. The van der Waals surface area contributed by atoms with E-state index in [1.54, 1.807) is 6.07 Å². The van der Waals surface area contributed by atoms with Crippen LogP contribution in [0.5, 0.6) is 0 Å². The molecule has 0 spiro atoms. The smallest absolute Gasteiger partial charge is 0.179 e. The van der Waals surface area contributed by atoms with E-state index in [1.165, 1.54) is 6.42 Å². The summed E-state index contributed by atoms with van der Waals surface area (Å²) in [6.45, 7) is 2.21. The van der Waals surface area contributed by atoms with Crippen molar-refractivity contribution < 1.29 is 0 Å². The zero-order valence-corrected chi connectivity index (χ0v) is 9.60. The van der Waals surface area contributed by atoms with Crippen molar-refractivity contribution in [3.8, 4) is 0 Å². The maximum absolute atomic E-state index is 5.88. The first kappa shape index (κ1) is 9.43. The van der Waals surface area contributed by atoms with Crippen molar-refractivity contribution in [3.63, 3.8) is 0 Å². The number of pyridine rings is 1. The highest BCUT2D eigenvalue weighted by Gasteiger charge is 2.36. The van der Waals surface area contributed by atoms with Crippen LogP contribution in [0.4, 0.5) is 0 Å². The molecule has 1 N–H and O–H groups in total. The van der Waals surface area contributed by atoms with Gasteiger partial charge in [-0.05, 0) is 18.4 Å². The first-order chi connectivity index (χ1) is 7.15. The molecule has 2 aromatic heterocycles. The predicted octanol–water partition coefficient (Wildman–Crippen LogP) is 3.39. The van der Waals surface area contributed by atoms with Gasteiger partial charge in [-0.3, -0.25) is 0 Å². The molecule has 0 bridgehead atoms. The molecule has 1 saturated carbocycles. The van der Waals surface area contributed by atoms with E-state index in [0.29, 0.717) is 21.7 Å². The SMILES string of the molecule is CC1CC1c1nc2nc(Cl)c(Cl)cc2[nH]1. The van der Waals surface area contributed by atoms with Gasteiger partial charge in [-0.25, -0.2) is 9.97 Å². The molecule has 0 aromatic carbocycles. The van der Waals surface area contributed by atoms with Crippen LogP contribution in [0.2, 0.25) is 10.2 Å². The van der Waals surface area contributed by atoms with Gasteiger partial charge in [0.25, 0.3) is 0 Å². The quantitative estimate of drug-likeness (QED) is 0.778.